The van der Waals surface area contributed by atoms with Gasteiger partial charge in [-0.15, -0.1) is 0 Å². The van der Waals surface area contributed by atoms with Crippen molar-refractivity contribution >= 4 is 6.09 Å². The van der Waals surface area contributed by atoms with Crippen LogP contribution in [0.2, 0.25) is 0 Å². The summed E-state index contributed by atoms with van der Waals surface area (Å²) >= 11 is 0. The van der Waals surface area contributed by atoms with E-state index in [1.807, 2.05) is 20.8 Å². The molecular weight excluding hydrogens is 290 g/mol. The molecule has 0 spiro atoms. The van der Waals surface area contributed by atoms with Crippen LogP contribution >= 0.6 is 0 Å². The number of likely N-dealkylation sites (tertiary alicyclic amines) is 1. The van der Waals surface area contributed by atoms with Crippen LogP contribution in [0.4, 0.5) is 13.6 Å². The topological polar surface area (TPSA) is 55.6 Å². The SMILES string of the molecule is CC(C)(C)OC(=O)N1CCCC(CCC2(N)CC(F)(F)C2)C1. The van der Waals surface area contributed by atoms with Crippen molar-refractivity contribution in [1.82, 2.24) is 4.90 Å². The summed E-state index contributed by atoms with van der Waals surface area (Å²) in [6, 6.07) is 0. The van der Waals surface area contributed by atoms with Gasteiger partial charge in [-0.25, -0.2) is 13.6 Å². The molecule has 22 heavy (non-hydrogen) atoms. The second-order valence-electron chi connectivity index (χ2n) is 8.05. The Kier molecular flexibility index (Phi) is 4.71. The Morgan fingerprint density at radius 2 is 2.00 bits per heavy atom. The van der Waals surface area contributed by atoms with Crippen LogP contribution < -0.4 is 5.73 Å². The average molecular weight is 318 g/mol. The molecular formula is C16H28F2N2O2. The van der Waals surface area contributed by atoms with E-state index in [0.717, 1.165) is 19.3 Å². The van der Waals surface area contributed by atoms with Crippen LogP contribution in [-0.4, -0.2) is 41.1 Å². The van der Waals surface area contributed by atoms with Gasteiger partial charge >= 0.3 is 6.09 Å². The molecule has 2 aliphatic rings. The van der Waals surface area contributed by atoms with Crippen molar-refractivity contribution in [3.63, 3.8) is 0 Å². The first-order valence-electron chi connectivity index (χ1n) is 8.13. The lowest BCUT2D eigenvalue weighted by Crippen LogP contribution is -2.58. The molecule has 1 unspecified atom stereocenters. The van der Waals surface area contributed by atoms with Crippen LogP contribution in [0.25, 0.3) is 0 Å². The molecule has 1 heterocycles. The highest BCUT2D eigenvalue weighted by atomic mass is 19.3. The predicted octanol–water partition coefficient (Wildman–Crippen LogP) is 3.54. The smallest absolute Gasteiger partial charge is 0.410 e. The summed E-state index contributed by atoms with van der Waals surface area (Å²) in [7, 11) is 0. The molecule has 1 saturated heterocycles. The van der Waals surface area contributed by atoms with Gasteiger partial charge in [0.2, 0.25) is 0 Å². The standard InChI is InChI=1S/C16H28F2N2O2/c1-14(2,3)22-13(21)20-8-4-5-12(9-20)6-7-15(19)10-16(17,18)11-15/h12H,4-11,19H2,1-3H3. The third kappa shape index (κ3) is 4.80. The van der Waals surface area contributed by atoms with E-state index in [2.05, 4.69) is 0 Å². The maximum atomic E-state index is 13.0. The number of rotatable bonds is 3. The van der Waals surface area contributed by atoms with Gasteiger partial charge in [0.05, 0.1) is 0 Å². The molecule has 4 nitrogen and oxygen atoms in total. The fourth-order valence-corrected chi connectivity index (χ4v) is 3.44. The van der Waals surface area contributed by atoms with Gasteiger partial charge in [-0.1, -0.05) is 0 Å². The monoisotopic (exact) mass is 318 g/mol. The van der Waals surface area contributed by atoms with Crippen LogP contribution in [0, 0.1) is 5.92 Å². The lowest BCUT2D eigenvalue weighted by atomic mass is 9.70. The number of hydrogen-bond donors (Lipinski definition) is 1. The Morgan fingerprint density at radius 1 is 1.36 bits per heavy atom. The number of piperidine rings is 1. The largest absolute Gasteiger partial charge is 0.444 e. The van der Waals surface area contributed by atoms with E-state index in [0.29, 0.717) is 25.4 Å². The lowest BCUT2D eigenvalue weighted by molar-refractivity contribution is -0.125. The minimum absolute atomic E-state index is 0.206. The summed E-state index contributed by atoms with van der Waals surface area (Å²) in [5.41, 5.74) is 4.78. The molecule has 2 fully saturated rings. The molecule has 0 aromatic heterocycles. The van der Waals surface area contributed by atoms with Crippen molar-refractivity contribution in [3.05, 3.63) is 0 Å². The molecule has 1 aliphatic carbocycles. The number of halogens is 2. The molecule has 0 radical (unpaired) electrons. The fourth-order valence-electron chi connectivity index (χ4n) is 3.44. The van der Waals surface area contributed by atoms with Crippen LogP contribution in [-0.2, 0) is 4.74 Å². The highest BCUT2D eigenvalue weighted by Gasteiger charge is 2.53. The molecule has 1 amide bonds. The number of nitrogens with two attached hydrogens (primary N) is 1. The second kappa shape index (κ2) is 5.95. The number of alkyl halides is 2. The molecule has 1 aliphatic heterocycles. The fraction of sp³-hybridized carbons (Fsp3) is 0.938. The summed E-state index contributed by atoms with van der Waals surface area (Å²) < 4.78 is 31.3. The van der Waals surface area contributed by atoms with E-state index in [1.54, 1.807) is 4.90 Å². The zero-order chi connectivity index (χ0) is 16.6. The highest BCUT2D eigenvalue weighted by molar-refractivity contribution is 5.68. The van der Waals surface area contributed by atoms with Gasteiger partial charge in [-0.2, -0.15) is 0 Å². The van der Waals surface area contributed by atoms with Crippen molar-refractivity contribution in [3.8, 4) is 0 Å². The van der Waals surface area contributed by atoms with E-state index in [-0.39, 0.29) is 18.9 Å². The Labute approximate surface area is 131 Å². The number of amides is 1. The van der Waals surface area contributed by atoms with E-state index >= 15 is 0 Å². The van der Waals surface area contributed by atoms with E-state index < -0.39 is 17.1 Å². The van der Waals surface area contributed by atoms with Crippen LogP contribution in [0.3, 0.4) is 0 Å². The second-order valence-corrected chi connectivity index (χ2v) is 8.05. The van der Waals surface area contributed by atoms with Gasteiger partial charge in [0.1, 0.15) is 5.60 Å². The van der Waals surface area contributed by atoms with Gasteiger partial charge < -0.3 is 15.4 Å². The van der Waals surface area contributed by atoms with Gasteiger partial charge in [0, 0.05) is 31.5 Å². The van der Waals surface area contributed by atoms with E-state index in [9.17, 15) is 13.6 Å². The van der Waals surface area contributed by atoms with E-state index in [4.69, 9.17) is 10.5 Å². The molecule has 0 aromatic carbocycles. The van der Waals surface area contributed by atoms with Gasteiger partial charge in [-0.05, 0) is 52.4 Å². The summed E-state index contributed by atoms with van der Waals surface area (Å²) in [4.78, 5) is 13.8. The minimum atomic E-state index is -2.58. The van der Waals surface area contributed by atoms with Gasteiger partial charge in [0.25, 0.3) is 5.92 Å². The van der Waals surface area contributed by atoms with E-state index in [1.165, 1.54) is 0 Å². The summed E-state index contributed by atoms with van der Waals surface area (Å²) in [6.07, 6.45) is 2.66. The maximum absolute atomic E-state index is 13.0. The zero-order valence-corrected chi connectivity index (χ0v) is 13.8. The summed E-state index contributed by atoms with van der Waals surface area (Å²) in [6.45, 7) is 6.89. The Morgan fingerprint density at radius 3 is 2.55 bits per heavy atom. The third-order valence-electron chi connectivity index (χ3n) is 4.44. The van der Waals surface area contributed by atoms with Crippen molar-refractivity contribution in [2.24, 2.45) is 11.7 Å². The Balaban J connectivity index is 1.78. The molecule has 1 saturated carbocycles. The van der Waals surface area contributed by atoms with Crippen molar-refractivity contribution in [2.75, 3.05) is 13.1 Å². The van der Waals surface area contributed by atoms with Crippen molar-refractivity contribution in [1.29, 1.82) is 0 Å². The molecule has 2 N–H and O–H groups in total. The van der Waals surface area contributed by atoms with Gasteiger partial charge in [0.15, 0.2) is 0 Å². The quantitative estimate of drug-likeness (QED) is 0.866. The number of carbonyl (C=O) groups is 1. The molecule has 0 bridgehead atoms. The lowest BCUT2D eigenvalue weighted by Gasteiger charge is -2.45. The Bertz CT molecular complexity index is 413. The maximum Gasteiger partial charge on any atom is 0.410 e. The third-order valence-corrected chi connectivity index (χ3v) is 4.44. The number of hydrogen-bond acceptors (Lipinski definition) is 3. The zero-order valence-electron chi connectivity index (χ0n) is 13.8. The van der Waals surface area contributed by atoms with Crippen LogP contribution in [0.5, 0.6) is 0 Å². The number of nitrogens with zero attached hydrogens (tertiary/aromatic N) is 1. The molecule has 6 heteroatoms. The van der Waals surface area contributed by atoms with Crippen LogP contribution in [0.15, 0.2) is 0 Å². The minimum Gasteiger partial charge on any atom is -0.444 e. The first kappa shape index (κ1) is 17.4. The predicted molar refractivity (Wildman–Crippen MR) is 80.9 cm³/mol. The average Bonchev–Trinajstić information content (AvgIpc) is 2.32. The number of ether oxygens (including phenoxy) is 1. The van der Waals surface area contributed by atoms with Gasteiger partial charge in [-0.3, -0.25) is 0 Å². The highest BCUT2D eigenvalue weighted by Crippen LogP contribution is 2.46. The normalized spacial score (nSPS) is 27.2. The first-order valence-corrected chi connectivity index (χ1v) is 8.13. The van der Waals surface area contributed by atoms with Crippen molar-refractivity contribution in [2.45, 2.75) is 76.4 Å². The molecule has 128 valence electrons. The number of carbonyl (C=O) groups excluding carboxylic acids is 1. The first-order chi connectivity index (χ1) is 9.98. The summed E-state index contributed by atoms with van der Waals surface area (Å²) in [5, 5.41) is 0. The molecule has 0 aromatic rings. The summed E-state index contributed by atoms with van der Waals surface area (Å²) in [5.74, 6) is -2.25. The molecule has 1 atom stereocenters. The molecule has 2 rings (SSSR count). The Hall–Kier alpha value is -0.910. The van der Waals surface area contributed by atoms with Crippen LogP contribution in [0.1, 0.15) is 59.3 Å². The van der Waals surface area contributed by atoms with Crippen molar-refractivity contribution < 1.29 is 18.3 Å².